The second-order valence-electron chi connectivity index (χ2n) is 5.40. The molecule has 1 aromatic carbocycles. The van der Waals surface area contributed by atoms with Crippen LogP contribution in [-0.2, 0) is 14.4 Å². The molecule has 0 radical (unpaired) electrons. The first-order valence-corrected chi connectivity index (χ1v) is 6.78. The topological polar surface area (TPSA) is 47.9 Å². The van der Waals surface area contributed by atoms with Crippen LogP contribution in [0, 0.1) is 5.41 Å². The van der Waals surface area contributed by atoms with Crippen molar-refractivity contribution in [2.75, 3.05) is 13.2 Å². The van der Waals surface area contributed by atoms with Gasteiger partial charge in [-0.15, -0.1) is 0 Å². The Bertz CT molecular complexity index is 475. The fourth-order valence-corrected chi connectivity index (χ4v) is 1.40. The van der Waals surface area contributed by atoms with Crippen LogP contribution in [-0.4, -0.2) is 24.9 Å². The van der Waals surface area contributed by atoms with E-state index in [1.165, 1.54) is 0 Å². The molecule has 110 valence electrons. The molecule has 0 spiro atoms. The summed E-state index contributed by atoms with van der Waals surface area (Å²) in [6.07, 6.45) is 0. The van der Waals surface area contributed by atoms with Crippen LogP contribution >= 0.6 is 11.6 Å². The van der Waals surface area contributed by atoms with E-state index in [2.05, 4.69) is 5.16 Å². The molecule has 0 amide bonds. The van der Waals surface area contributed by atoms with Crippen LogP contribution in [0.4, 0.5) is 0 Å². The third kappa shape index (κ3) is 5.61. The fourth-order valence-electron chi connectivity index (χ4n) is 1.27. The number of benzene rings is 1. The molecule has 0 bridgehead atoms. The van der Waals surface area contributed by atoms with Crippen LogP contribution in [0.3, 0.4) is 0 Å². The molecule has 0 N–H and O–H groups in total. The summed E-state index contributed by atoms with van der Waals surface area (Å²) in [6.45, 7) is 7.67. The minimum atomic E-state index is -0.498. The third-order valence-corrected chi connectivity index (χ3v) is 2.74. The van der Waals surface area contributed by atoms with Crippen LogP contribution in [0.2, 0.25) is 5.02 Å². The van der Waals surface area contributed by atoms with Crippen molar-refractivity contribution >= 4 is 23.3 Å². The molecule has 0 unspecified atom stereocenters. The van der Waals surface area contributed by atoms with Crippen molar-refractivity contribution in [3.05, 3.63) is 34.9 Å². The molecule has 0 saturated heterocycles. The molecule has 20 heavy (non-hydrogen) atoms. The first-order valence-electron chi connectivity index (χ1n) is 6.40. The lowest BCUT2D eigenvalue weighted by Gasteiger charge is -2.15. The van der Waals surface area contributed by atoms with Gasteiger partial charge >= 0.3 is 5.97 Å². The van der Waals surface area contributed by atoms with E-state index >= 15 is 0 Å². The minimum absolute atomic E-state index is 0.188. The highest BCUT2D eigenvalue weighted by Crippen LogP contribution is 2.14. The largest absolute Gasteiger partial charge is 0.462 e. The molecule has 1 aromatic rings. The number of hydrogen-bond acceptors (Lipinski definition) is 4. The maximum Gasteiger partial charge on any atom is 0.311 e. The van der Waals surface area contributed by atoms with Gasteiger partial charge in [0.1, 0.15) is 6.61 Å². The first kappa shape index (κ1) is 16.5. The maximum atomic E-state index is 11.5. The van der Waals surface area contributed by atoms with Gasteiger partial charge in [0.05, 0.1) is 11.1 Å². The van der Waals surface area contributed by atoms with Crippen LogP contribution < -0.4 is 0 Å². The van der Waals surface area contributed by atoms with Gasteiger partial charge < -0.3 is 9.57 Å². The molecule has 0 heterocycles. The summed E-state index contributed by atoms with van der Waals surface area (Å²) in [6, 6.07) is 7.32. The van der Waals surface area contributed by atoms with Crippen molar-refractivity contribution in [2.24, 2.45) is 10.6 Å². The lowest BCUT2D eigenvalue weighted by Crippen LogP contribution is -2.24. The lowest BCUT2D eigenvalue weighted by atomic mass is 9.97. The molecule has 4 nitrogen and oxygen atoms in total. The first-order chi connectivity index (χ1) is 9.30. The molecule has 0 atom stereocenters. The van der Waals surface area contributed by atoms with E-state index < -0.39 is 5.41 Å². The zero-order valence-corrected chi connectivity index (χ0v) is 13.0. The molecule has 0 aliphatic heterocycles. The number of ether oxygens (including phenoxy) is 1. The van der Waals surface area contributed by atoms with Crippen molar-refractivity contribution < 1.29 is 14.4 Å². The standard InChI is InChI=1S/C15H20ClNO3/c1-11(12-5-7-13(16)8-6-12)17-20-10-9-19-14(18)15(2,3)4/h5-8H,9-10H2,1-4H3/b17-11+. The van der Waals surface area contributed by atoms with E-state index in [4.69, 9.17) is 21.2 Å². The van der Waals surface area contributed by atoms with Crippen molar-refractivity contribution in [1.29, 1.82) is 0 Å². The predicted octanol–water partition coefficient (Wildman–Crippen LogP) is 3.67. The van der Waals surface area contributed by atoms with Crippen molar-refractivity contribution in [3.63, 3.8) is 0 Å². The molecular weight excluding hydrogens is 278 g/mol. The van der Waals surface area contributed by atoms with Crippen LogP contribution in [0.1, 0.15) is 33.3 Å². The van der Waals surface area contributed by atoms with E-state index in [-0.39, 0.29) is 19.2 Å². The van der Waals surface area contributed by atoms with E-state index in [1.54, 1.807) is 32.9 Å². The number of nitrogens with zero attached hydrogens (tertiary/aromatic N) is 1. The highest BCUT2D eigenvalue weighted by atomic mass is 35.5. The zero-order valence-electron chi connectivity index (χ0n) is 12.3. The zero-order chi connectivity index (χ0) is 15.2. The lowest BCUT2D eigenvalue weighted by molar-refractivity contribution is -0.154. The highest BCUT2D eigenvalue weighted by Gasteiger charge is 2.22. The second-order valence-corrected chi connectivity index (χ2v) is 5.84. The summed E-state index contributed by atoms with van der Waals surface area (Å²) in [5, 5.41) is 4.64. The predicted molar refractivity (Wildman–Crippen MR) is 80.0 cm³/mol. The number of carbonyl (C=O) groups is 1. The summed E-state index contributed by atoms with van der Waals surface area (Å²) in [5.74, 6) is -0.250. The second kappa shape index (κ2) is 7.29. The van der Waals surface area contributed by atoms with Crippen LogP contribution in [0.15, 0.2) is 29.4 Å². The van der Waals surface area contributed by atoms with Gasteiger partial charge in [0.15, 0.2) is 6.61 Å². The van der Waals surface area contributed by atoms with Crippen LogP contribution in [0.25, 0.3) is 0 Å². The van der Waals surface area contributed by atoms with Gasteiger partial charge in [-0.1, -0.05) is 28.9 Å². The fraction of sp³-hybridized carbons (Fsp3) is 0.467. The summed E-state index contributed by atoms with van der Waals surface area (Å²) < 4.78 is 5.06. The van der Waals surface area contributed by atoms with Crippen molar-refractivity contribution in [2.45, 2.75) is 27.7 Å². The molecule has 0 aromatic heterocycles. The van der Waals surface area contributed by atoms with Gasteiger partial charge in [-0.3, -0.25) is 4.79 Å². The monoisotopic (exact) mass is 297 g/mol. The Labute approximate surface area is 124 Å². The number of halogens is 1. The molecule has 0 saturated carbocycles. The SMILES string of the molecule is C/C(=N\OCCOC(=O)C(C)(C)C)c1ccc(Cl)cc1. The van der Waals surface area contributed by atoms with E-state index in [1.807, 2.05) is 19.1 Å². The van der Waals surface area contributed by atoms with Gasteiger partial charge in [-0.05, 0) is 45.4 Å². The van der Waals surface area contributed by atoms with Gasteiger partial charge in [-0.2, -0.15) is 0 Å². The number of carbonyl (C=O) groups excluding carboxylic acids is 1. The van der Waals surface area contributed by atoms with E-state index in [0.717, 1.165) is 11.3 Å². The summed E-state index contributed by atoms with van der Waals surface area (Å²) in [5.41, 5.74) is 1.17. The Hall–Kier alpha value is -1.55. The van der Waals surface area contributed by atoms with E-state index in [9.17, 15) is 4.79 Å². The smallest absolute Gasteiger partial charge is 0.311 e. The van der Waals surface area contributed by atoms with Gasteiger partial charge in [0.25, 0.3) is 0 Å². The normalized spacial score (nSPS) is 12.2. The maximum absolute atomic E-state index is 11.5. The minimum Gasteiger partial charge on any atom is -0.462 e. The Morgan fingerprint density at radius 2 is 1.80 bits per heavy atom. The Kier molecular flexibility index (Phi) is 6.02. The van der Waals surface area contributed by atoms with Crippen molar-refractivity contribution in [3.8, 4) is 0 Å². The van der Waals surface area contributed by atoms with Gasteiger partial charge in [0.2, 0.25) is 0 Å². The molecular formula is C15H20ClNO3. The number of esters is 1. The average Bonchev–Trinajstić information content (AvgIpc) is 2.37. The number of hydrogen-bond donors (Lipinski definition) is 0. The highest BCUT2D eigenvalue weighted by molar-refractivity contribution is 6.30. The number of rotatable bonds is 5. The Morgan fingerprint density at radius 3 is 2.35 bits per heavy atom. The quantitative estimate of drug-likeness (QED) is 0.360. The van der Waals surface area contributed by atoms with E-state index in [0.29, 0.717) is 5.02 Å². The third-order valence-electron chi connectivity index (χ3n) is 2.48. The number of oxime groups is 1. The summed E-state index contributed by atoms with van der Waals surface area (Å²) in [4.78, 5) is 16.6. The Morgan fingerprint density at radius 1 is 1.20 bits per heavy atom. The molecule has 0 fully saturated rings. The molecule has 5 heteroatoms. The molecule has 0 aliphatic rings. The van der Waals surface area contributed by atoms with Crippen LogP contribution in [0.5, 0.6) is 0 Å². The molecule has 1 rings (SSSR count). The molecule has 0 aliphatic carbocycles. The Balaban J connectivity index is 2.34. The summed E-state index contributed by atoms with van der Waals surface area (Å²) in [7, 11) is 0. The average molecular weight is 298 g/mol. The summed E-state index contributed by atoms with van der Waals surface area (Å²) >= 11 is 5.81. The van der Waals surface area contributed by atoms with Gasteiger partial charge in [-0.25, -0.2) is 0 Å². The van der Waals surface area contributed by atoms with Crippen molar-refractivity contribution in [1.82, 2.24) is 0 Å². The van der Waals surface area contributed by atoms with Gasteiger partial charge in [0, 0.05) is 5.02 Å².